The van der Waals surface area contributed by atoms with E-state index in [9.17, 15) is 9.18 Å². The minimum Gasteiger partial charge on any atom is -0.483 e. The van der Waals surface area contributed by atoms with Gasteiger partial charge < -0.3 is 10.1 Å². The van der Waals surface area contributed by atoms with Crippen molar-refractivity contribution in [3.63, 3.8) is 0 Å². The van der Waals surface area contributed by atoms with Gasteiger partial charge in [0.15, 0.2) is 27.7 Å². The summed E-state index contributed by atoms with van der Waals surface area (Å²) < 4.78 is 22.1. The van der Waals surface area contributed by atoms with Gasteiger partial charge in [0, 0.05) is 6.54 Å². The number of para-hydroxylation sites is 1. The SMILES string of the molecule is C=CCn1c(COc2ccccc2F)nnc1SCC(=O)Nc1nc2ccc(C)cc2s1. The van der Waals surface area contributed by atoms with Gasteiger partial charge in [0.25, 0.3) is 0 Å². The zero-order valence-corrected chi connectivity index (χ0v) is 18.9. The van der Waals surface area contributed by atoms with Crippen LogP contribution in [0.2, 0.25) is 0 Å². The Bertz CT molecular complexity index is 1270. The van der Waals surface area contributed by atoms with E-state index in [4.69, 9.17) is 4.74 Å². The molecule has 2 heterocycles. The summed E-state index contributed by atoms with van der Waals surface area (Å²) in [5.74, 6) is 0.151. The van der Waals surface area contributed by atoms with Crippen molar-refractivity contribution < 1.29 is 13.9 Å². The fraction of sp³-hybridized carbons (Fsp3) is 0.182. The van der Waals surface area contributed by atoms with Gasteiger partial charge in [-0.05, 0) is 36.8 Å². The summed E-state index contributed by atoms with van der Waals surface area (Å²) in [6.45, 7) is 6.25. The molecule has 7 nitrogen and oxygen atoms in total. The van der Waals surface area contributed by atoms with E-state index in [1.54, 1.807) is 28.8 Å². The normalized spacial score (nSPS) is 10.9. The molecule has 0 fully saturated rings. The topological polar surface area (TPSA) is 81.9 Å². The average Bonchev–Trinajstić information content (AvgIpc) is 3.34. The van der Waals surface area contributed by atoms with Gasteiger partial charge in [-0.3, -0.25) is 9.36 Å². The quantitative estimate of drug-likeness (QED) is 0.279. The van der Waals surface area contributed by atoms with Crippen LogP contribution in [0, 0.1) is 12.7 Å². The number of anilines is 1. The molecule has 2 aromatic heterocycles. The number of hydrogen-bond donors (Lipinski definition) is 1. The van der Waals surface area contributed by atoms with Crippen molar-refractivity contribution >= 4 is 44.4 Å². The Morgan fingerprint density at radius 3 is 2.97 bits per heavy atom. The van der Waals surface area contributed by atoms with Gasteiger partial charge in [0.1, 0.15) is 6.61 Å². The number of ether oxygens (including phenoxy) is 1. The van der Waals surface area contributed by atoms with Gasteiger partial charge in [-0.15, -0.1) is 16.8 Å². The number of nitrogens with zero attached hydrogens (tertiary/aromatic N) is 4. The Morgan fingerprint density at radius 2 is 2.16 bits per heavy atom. The summed E-state index contributed by atoms with van der Waals surface area (Å²) in [6, 6.07) is 12.1. The molecule has 0 saturated carbocycles. The van der Waals surface area contributed by atoms with E-state index in [2.05, 4.69) is 27.1 Å². The number of carbonyl (C=O) groups is 1. The second-order valence-electron chi connectivity index (χ2n) is 6.84. The molecule has 0 aliphatic rings. The molecule has 32 heavy (non-hydrogen) atoms. The Morgan fingerprint density at radius 1 is 1.31 bits per heavy atom. The van der Waals surface area contributed by atoms with Crippen molar-refractivity contribution in [2.45, 2.75) is 25.2 Å². The predicted octanol–water partition coefficient (Wildman–Crippen LogP) is 4.83. The van der Waals surface area contributed by atoms with Gasteiger partial charge in [0.2, 0.25) is 5.91 Å². The molecule has 1 N–H and O–H groups in total. The molecule has 0 bridgehead atoms. The van der Waals surface area contributed by atoms with Crippen LogP contribution in [0.4, 0.5) is 9.52 Å². The third-order valence-corrected chi connectivity index (χ3v) is 6.32. The number of rotatable bonds is 9. The Hall–Kier alpha value is -3.24. The van der Waals surface area contributed by atoms with Crippen LogP contribution in [0.5, 0.6) is 5.75 Å². The van der Waals surface area contributed by atoms with Crippen molar-refractivity contribution in [2.75, 3.05) is 11.1 Å². The standard InChI is InChI=1S/C22H20FN5O2S2/c1-3-10-28-19(12-30-17-7-5-4-6-15(17)23)26-27-22(28)31-13-20(29)25-21-24-16-9-8-14(2)11-18(16)32-21/h3-9,11H,1,10,12-13H2,2H3,(H,24,25,29). The Balaban J connectivity index is 1.39. The molecule has 0 aliphatic carbocycles. The average molecular weight is 470 g/mol. The maximum absolute atomic E-state index is 13.8. The number of hydrogen-bond acceptors (Lipinski definition) is 7. The molecule has 0 unspecified atom stereocenters. The summed E-state index contributed by atoms with van der Waals surface area (Å²) in [4.78, 5) is 16.9. The zero-order valence-electron chi connectivity index (χ0n) is 17.2. The number of aryl methyl sites for hydroxylation is 1. The van der Waals surface area contributed by atoms with E-state index < -0.39 is 5.82 Å². The summed E-state index contributed by atoms with van der Waals surface area (Å²) >= 11 is 2.68. The number of benzene rings is 2. The molecule has 0 radical (unpaired) electrons. The first-order valence-electron chi connectivity index (χ1n) is 9.73. The lowest BCUT2D eigenvalue weighted by molar-refractivity contribution is -0.113. The number of nitrogens with one attached hydrogen (secondary N) is 1. The first-order chi connectivity index (χ1) is 15.5. The molecule has 164 valence electrons. The number of carbonyl (C=O) groups excluding carboxylic acids is 1. The molecule has 2 aromatic carbocycles. The maximum Gasteiger partial charge on any atom is 0.236 e. The number of fused-ring (bicyclic) bond motifs is 1. The van der Waals surface area contributed by atoms with Gasteiger partial charge in [-0.1, -0.05) is 47.4 Å². The molecular weight excluding hydrogens is 449 g/mol. The highest BCUT2D eigenvalue weighted by Gasteiger charge is 2.15. The van der Waals surface area contributed by atoms with Crippen LogP contribution in [0.1, 0.15) is 11.4 Å². The number of aromatic nitrogens is 4. The number of allylic oxidation sites excluding steroid dienone is 1. The third-order valence-electron chi connectivity index (χ3n) is 4.42. The second-order valence-corrected chi connectivity index (χ2v) is 8.82. The van der Waals surface area contributed by atoms with Crippen molar-refractivity contribution in [2.24, 2.45) is 0 Å². The number of amides is 1. The highest BCUT2D eigenvalue weighted by molar-refractivity contribution is 7.99. The van der Waals surface area contributed by atoms with Crippen molar-refractivity contribution in [1.82, 2.24) is 19.7 Å². The van der Waals surface area contributed by atoms with Crippen molar-refractivity contribution in [3.8, 4) is 5.75 Å². The predicted molar refractivity (Wildman–Crippen MR) is 125 cm³/mol. The zero-order chi connectivity index (χ0) is 22.5. The Kier molecular flexibility index (Phi) is 6.81. The third kappa shape index (κ3) is 5.14. The van der Waals surface area contributed by atoms with E-state index in [-0.39, 0.29) is 24.0 Å². The maximum atomic E-state index is 13.8. The highest BCUT2D eigenvalue weighted by Crippen LogP contribution is 2.27. The van der Waals surface area contributed by atoms with Crippen LogP contribution >= 0.6 is 23.1 Å². The van der Waals surface area contributed by atoms with E-state index in [1.807, 2.05) is 25.1 Å². The van der Waals surface area contributed by atoms with E-state index >= 15 is 0 Å². The van der Waals surface area contributed by atoms with Gasteiger partial charge in [-0.25, -0.2) is 9.37 Å². The molecule has 0 saturated heterocycles. The van der Waals surface area contributed by atoms with Crippen molar-refractivity contribution in [1.29, 1.82) is 0 Å². The molecule has 0 spiro atoms. The van der Waals surface area contributed by atoms with Crippen LogP contribution < -0.4 is 10.1 Å². The summed E-state index contributed by atoms with van der Waals surface area (Å²) in [5.41, 5.74) is 2.00. The summed E-state index contributed by atoms with van der Waals surface area (Å²) in [6.07, 6.45) is 1.70. The fourth-order valence-corrected chi connectivity index (χ4v) is 4.67. The fourth-order valence-electron chi connectivity index (χ4n) is 2.92. The molecular formula is C22H20FN5O2S2. The molecule has 0 atom stereocenters. The molecule has 0 aliphatic heterocycles. The molecule has 1 amide bonds. The minimum absolute atomic E-state index is 0.0413. The minimum atomic E-state index is -0.446. The van der Waals surface area contributed by atoms with Crippen molar-refractivity contribution in [3.05, 3.63) is 72.3 Å². The summed E-state index contributed by atoms with van der Waals surface area (Å²) in [7, 11) is 0. The lowest BCUT2D eigenvalue weighted by Crippen LogP contribution is -2.14. The second kappa shape index (κ2) is 9.92. The smallest absolute Gasteiger partial charge is 0.236 e. The first kappa shape index (κ1) is 22.0. The number of thioether (sulfide) groups is 1. The number of thiazole rings is 1. The highest BCUT2D eigenvalue weighted by atomic mass is 32.2. The van der Waals surface area contributed by atoms with Crippen LogP contribution in [-0.4, -0.2) is 31.4 Å². The van der Waals surface area contributed by atoms with E-state index in [0.717, 1.165) is 15.8 Å². The molecule has 10 heteroatoms. The van der Waals surface area contributed by atoms with Crippen LogP contribution in [0.3, 0.4) is 0 Å². The summed E-state index contributed by atoms with van der Waals surface area (Å²) in [5, 5.41) is 12.2. The Labute approximate surface area is 192 Å². The molecule has 4 rings (SSSR count). The first-order valence-corrected chi connectivity index (χ1v) is 11.5. The van der Waals surface area contributed by atoms with E-state index in [1.165, 1.54) is 29.2 Å². The largest absolute Gasteiger partial charge is 0.483 e. The van der Waals surface area contributed by atoms with Crippen LogP contribution in [0.15, 0.2) is 60.3 Å². The van der Waals surface area contributed by atoms with Gasteiger partial charge in [0.05, 0.1) is 16.0 Å². The lowest BCUT2D eigenvalue weighted by atomic mass is 10.2. The van der Waals surface area contributed by atoms with Crippen LogP contribution in [-0.2, 0) is 17.9 Å². The number of halogens is 1. The van der Waals surface area contributed by atoms with Gasteiger partial charge in [-0.2, -0.15) is 0 Å². The monoisotopic (exact) mass is 469 g/mol. The lowest BCUT2D eigenvalue weighted by Gasteiger charge is -2.09. The van der Waals surface area contributed by atoms with Crippen LogP contribution in [0.25, 0.3) is 10.2 Å². The van der Waals surface area contributed by atoms with E-state index in [0.29, 0.717) is 22.7 Å². The van der Waals surface area contributed by atoms with Gasteiger partial charge >= 0.3 is 0 Å². The molecule has 4 aromatic rings.